The van der Waals surface area contributed by atoms with Crippen LogP contribution in [0.3, 0.4) is 0 Å². The van der Waals surface area contributed by atoms with E-state index in [-0.39, 0.29) is 11.5 Å². The Kier molecular flexibility index (Phi) is 2.32. The molecule has 2 aromatic rings. The number of rotatable bonds is 2. The number of carbonyl (C=O) groups is 1. The lowest BCUT2D eigenvalue weighted by molar-refractivity contribution is 0.0996. The molecule has 1 heterocycles. The monoisotopic (exact) mass is 217 g/mol. The molecule has 2 rings (SSSR count). The first-order chi connectivity index (χ1) is 7.59. The molecule has 16 heavy (non-hydrogen) atoms. The molecule has 0 fully saturated rings. The van der Waals surface area contributed by atoms with Gasteiger partial charge in [-0.25, -0.2) is 0 Å². The van der Waals surface area contributed by atoms with Crippen molar-refractivity contribution in [3.05, 3.63) is 35.5 Å². The quantitative estimate of drug-likeness (QED) is 0.753. The number of nitrogen functional groups attached to an aromatic ring is 1. The van der Waals surface area contributed by atoms with Gasteiger partial charge >= 0.3 is 0 Å². The zero-order valence-electron chi connectivity index (χ0n) is 8.71. The van der Waals surface area contributed by atoms with E-state index in [0.717, 1.165) is 11.3 Å². The van der Waals surface area contributed by atoms with Crippen LogP contribution in [0.1, 0.15) is 16.1 Å². The first kappa shape index (κ1) is 10.2. The average Bonchev–Trinajstić information content (AvgIpc) is 2.60. The summed E-state index contributed by atoms with van der Waals surface area (Å²) in [5.41, 5.74) is 12.6. The van der Waals surface area contributed by atoms with E-state index in [1.165, 1.54) is 4.68 Å². The van der Waals surface area contributed by atoms with Crippen molar-refractivity contribution < 1.29 is 4.79 Å². The van der Waals surface area contributed by atoms with Gasteiger partial charge in [0, 0.05) is 0 Å². The first-order valence-corrected chi connectivity index (χ1v) is 4.67. The van der Waals surface area contributed by atoms with Crippen LogP contribution in [0.2, 0.25) is 0 Å². The second-order valence-electron chi connectivity index (χ2n) is 3.44. The number of primary amides is 1. The van der Waals surface area contributed by atoms with E-state index >= 15 is 0 Å². The topological polar surface area (TPSA) is 99.8 Å². The summed E-state index contributed by atoms with van der Waals surface area (Å²) in [4.78, 5) is 11.0. The molecule has 0 radical (unpaired) electrons. The minimum absolute atomic E-state index is 0.0125. The molecule has 1 aromatic carbocycles. The highest BCUT2D eigenvalue weighted by molar-refractivity contribution is 5.95. The summed E-state index contributed by atoms with van der Waals surface area (Å²) in [6.07, 6.45) is 0. The van der Waals surface area contributed by atoms with Crippen LogP contribution in [0.15, 0.2) is 24.3 Å². The van der Waals surface area contributed by atoms with Crippen LogP contribution in [0.4, 0.5) is 5.82 Å². The van der Waals surface area contributed by atoms with E-state index in [9.17, 15) is 4.79 Å². The third-order valence-electron chi connectivity index (χ3n) is 2.18. The molecule has 6 heteroatoms. The van der Waals surface area contributed by atoms with Crippen molar-refractivity contribution in [3.63, 3.8) is 0 Å². The number of hydrogen-bond acceptors (Lipinski definition) is 4. The maximum Gasteiger partial charge on any atom is 0.273 e. The lowest BCUT2D eigenvalue weighted by Crippen LogP contribution is -2.14. The van der Waals surface area contributed by atoms with Gasteiger partial charge in [0.25, 0.3) is 5.91 Å². The predicted molar refractivity (Wildman–Crippen MR) is 59.0 cm³/mol. The van der Waals surface area contributed by atoms with Gasteiger partial charge in [-0.15, -0.1) is 5.10 Å². The van der Waals surface area contributed by atoms with Crippen molar-refractivity contribution >= 4 is 11.7 Å². The van der Waals surface area contributed by atoms with Crippen molar-refractivity contribution in [2.45, 2.75) is 6.92 Å². The van der Waals surface area contributed by atoms with Crippen LogP contribution >= 0.6 is 0 Å². The molecule has 0 aliphatic carbocycles. The Labute approximate surface area is 91.9 Å². The second kappa shape index (κ2) is 3.65. The fraction of sp³-hybridized carbons (Fsp3) is 0.100. The van der Waals surface area contributed by atoms with E-state index < -0.39 is 5.91 Å². The molecular weight excluding hydrogens is 206 g/mol. The van der Waals surface area contributed by atoms with Crippen LogP contribution in [0, 0.1) is 6.92 Å². The number of nitrogens with two attached hydrogens (primary N) is 2. The SMILES string of the molecule is Cc1cccc(-n2nnc(C(N)=O)c2N)c1. The van der Waals surface area contributed by atoms with Gasteiger partial charge in [-0.3, -0.25) is 4.79 Å². The van der Waals surface area contributed by atoms with E-state index in [0.29, 0.717) is 0 Å². The zero-order chi connectivity index (χ0) is 11.7. The molecule has 0 spiro atoms. The Bertz CT molecular complexity index is 546. The summed E-state index contributed by atoms with van der Waals surface area (Å²) in [5, 5.41) is 7.42. The molecule has 1 aromatic heterocycles. The van der Waals surface area contributed by atoms with Gasteiger partial charge in [-0.2, -0.15) is 4.68 Å². The minimum Gasteiger partial charge on any atom is -0.382 e. The zero-order valence-corrected chi connectivity index (χ0v) is 8.71. The maximum absolute atomic E-state index is 11.0. The number of anilines is 1. The average molecular weight is 217 g/mol. The summed E-state index contributed by atoms with van der Waals surface area (Å²) in [6.45, 7) is 1.95. The molecule has 0 aliphatic rings. The third kappa shape index (κ3) is 1.60. The third-order valence-corrected chi connectivity index (χ3v) is 2.18. The van der Waals surface area contributed by atoms with Gasteiger partial charge in [0.1, 0.15) is 0 Å². The standard InChI is InChI=1S/C10H11N5O/c1-6-3-2-4-7(5-6)15-9(11)8(10(12)16)13-14-15/h2-5H,11H2,1H3,(H2,12,16). The molecule has 6 nitrogen and oxygen atoms in total. The Morgan fingerprint density at radius 3 is 2.75 bits per heavy atom. The highest BCUT2D eigenvalue weighted by atomic mass is 16.1. The number of carbonyl (C=O) groups excluding carboxylic acids is 1. The number of amides is 1. The molecule has 0 saturated heterocycles. The van der Waals surface area contributed by atoms with Crippen LogP contribution in [0.25, 0.3) is 5.69 Å². The number of aryl methyl sites for hydroxylation is 1. The van der Waals surface area contributed by atoms with Gasteiger partial charge < -0.3 is 11.5 Å². The van der Waals surface area contributed by atoms with Crippen LogP contribution in [-0.4, -0.2) is 20.9 Å². The summed E-state index contributed by atoms with van der Waals surface area (Å²) >= 11 is 0. The van der Waals surface area contributed by atoms with Crippen molar-refractivity contribution in [2.75, 3.05) is 5.73 Å². The summed E-state index contributed by atoms with van der Waals surface area (Å²) in [5.74, 6) is -0.533. The number of benzene rings is 1. The fourth-order valence-corrected chi connectivity index (χ4v) is 1.42. The Hall–Kier alpha value is -2.37. The van der Waals surface area contributed by atoms with Crippen molar-refractivity contribution in [3.8, 4) is 5.69 Å². The molecule has 0 atom stereocenters. The van der Waals surface area contributed by atoms with E-state index in [1.807, 2.05) is 31.2 Å². The maximum atomic E-state index is 11.0. The molecule has 4 N–H and O–H groups in total. The molecule has 82 valence electrons. The highest BCUT2D eigenvalue weighted by Gasteiger charge is 2.15. The molecule has 1 amide bonds. The Morgan fingerprint density at radius 2 is 2.19 bits per heavy atom. The van der Waals surface area contributed by atoms with Gasteiger partial charge in [-0.1, -0.05) is 17.3 Å². The largest absolute Gasteiger partial charge is 0.382 e. The van der Waals surface area contributed by atoms with E-state index in [2.05, 4.69) is 10.3 Å². The van der Waals surface area contributed by atoms with E-state index in [4.69, 9.17) is 11.5 Å². The summed E-state index contributed by atoms with van der Waals surface area (Å²) < 4.78 is 1.38. The summed E-state index contributed by atoms with van der Waals surface area (Å²) in [7, 11) is 0. The van der Waals surface area contributed by atoms with Crippen LogP contribution in [0.5, 0.6) is 0 Å². The predicted octanol–water partition coefficient (Wildman–Crippen LogP) is 0.257. The Balaban J connectivity index is 2.53. The van der Waals surface area contributed by atoms with Crippen molar-refractivity contribution in [1.29, 1.82) is 0 Å². The minimum atomic E-state index is -0.684. The normalized spacial score (nSPS) is 10.3. The molecule has 0 unspecified atom stereocenters. The van der Waals surface area contributed by atoms with Crippen molar-refractivity contribution in [1.82, 2.24) is 15.0 Å². The van der Waals surface area contributed by atoms with Crippen LogP contribution < -0.4 is 11.5 Å². The van der Waals surface area contributed by atoms with Crippen molar-refractivity contribution in [2.24, 2.45) is 5.73 Å². The Morgan fingerprint density at radius 1 is 1.44 bits per heavy atom. The smallest absolute Gasteiger partial charge is 0.273 e. The second-order valence-corrected chi connectivity index (χ2v) is 3.44. The van der Waals surface area contributed by atoms with Gasteiger partial charge in [0.15, 0.2) is 11.5 Å². The molecule has 0 bridgehead atoms. The van der Waals surface area contributed by atoms with Gasteiger partial charge in [-0.05, 0) is 24.6 Å². The molecule has 0 aliphatic heterocycles. The molecule has 0 saturated carbocycles. The van der Waals surface area contributed by atoms with E-state index in [1.54, 1.807) is 0 Å². The fourth-order valence-electron chi connectivity index (χ4n) is 1.42. The first-order valence-electron chi connectivity index (χ1n) is 4.67. The molecular formula is C10H11N5O. The lowest BCUT2D eigenvalue weighted by atomic mass is 10.2. The number of hydrogen-bond donors (Lipinski definition) is 2. The lowest BCUT2D eigenvalue weighted by Gasteiger charge is -2.03. The van der Waals surface area contributed by atoms with Gasteiger partial charge in [0.2, 0.25) is 0 Å². The highest BCUT2D eigenvalue weighted by Crippen LogP contribution is 2.15. The van der Waals surface area contributed by atoms with Gasteiger partial charge in [0.05, 0.1) is 5.69 Å². The number of nitrogens with zero attached hydrogens (tertiary/aromatic N) is 3. The van der Waals surface area contributed by atoms with Crippen LogP contribution in [-0.2, 0) is 0 Å². The summed E-state index contributed by atoms with van der Waals surface area (Å²) in [6, 6.07) is 7.53. The number of aromatic nitrogens is 3.